The Bertz CT molecular complexity index is 197. The number of methoxy groups -OCH3 is 2. The summed E-state index contributed by atoms with van der Waals surface area (Å²) in [5.74, 6) is 1.73. The summed E-state index contributed by atoms with van der Waals surface area (Å²) in [5.41, 5.74) is 0. The van der Waals surface area contributed by atoms with Crippen LogP contribution in [0.5, 0.6) is 0 Å². The van der Waals surface area contributed by atoms with Crippen LogP contribution in [-0.4, -0.2) is 26.4 Å². The van der Waals surface area contributed by atoms with E-state index in [0.717, 1.165) is 11.8 Å². The van der Waals surface area contributed by atoms with Crippen LogP contribution in [0.4, 0.5) is 0 Å². The average molecular weight is 226 g/mol. The first-order valence-electron chi connectivity index (χ1n) is 6.90. The molecular formula is C14H26O2. The molecule has 2 saturated carbocycles. The Morgan fingerprint density at radius 1 is 0.750 bits per heavy atom. The van der Waals surface area contributed by atoms with Crippen LogP contribution >= 0.6 is 0 Å². The van der Waals surface area contributed by atoms with E-state index >= 15 is 0 Å². The Kier molecular flexibility index (Phi) is 4.66. The van der Waals surface area contributed by atoms with Gasteiger partial charge in [0, 0.05) is 14.2 Å². The predicted molar refractivity (Wildman–Crippen MR) is 65.5 cm³/mol. The highest BCUT2D eigenvalue weighted by atomic mass is 16.5. The van der Waals surface area contributed by atoms with Crippen molar-refractivity contribution in [2.45, 2.75) is 63.6 Å². The van der Waals surface area contributed by atoms with Crippen LogP contribution in [-0.2, 0) is 9.47 Å². The molecule has 0 aromatic heterocycles. The molecule has 2 nitrogen and oxygen atoms in total. The van der Waals surface area contributed by atoms with E-state index < -0.39 is 0 Å². The summed E-state index contributed by atoms with van der Waals surface area (Å²) in [6.07, 6.45) is 11.7. The van der Waals surface area contributed by atoms with Crippen LogP contribution in [0.1, 0.15) is 51.4 Å². The standard InChI is InChI=1S/C14H26O2/c1-15-12-9-7-11(8-10-12)13-5-3-4-6-14(13)16-2/h11-14H,3-10H2,1-2H3. The van der Waals surface area contributed by atoms with Gasteiger partial charge in [-0.05, 0) is 50.4 Å². The van der Waals surface area contributed by atoms with Crippen molar-refractivity contribution >= 4 is 0 Å². The van der Waals surface area contributed by atoms with Crippen LogP contribution < -0.4 is 0 Å². The monoisotopic (exact) mass is 226 g/mol. The van der Waals surface area contributed by atoms with Gasteiger partial charge in [-0.2, -0.15) is 0 Å². The molecule has 0 aliphatic heterocycles. The van der Waals surface area contributed by atoms with Gasteiger partial charge in [-0.25, -0.2) is 0 Å². The minimum atomic E-state index is 0.529. The van der Waals surface area contributed by atoms with Crippen LogP contribution in [0.15, 0.2) is 0 Å². The van der Waals surface area contributed by atoms with Gasteiger partial charge in [0.05, 0.1) is 12.2 Å². The van der Waals surface area contributed by atoms with Crippen LogP contribution in [0.25, 0.3) is 0 Å². The Morgan fingerprint density at radius 3 is 2.06 bits per heavy atom. The number of ether oxygens (including phenoxy) is 2. The number of hydrogen-bond donors (Lipinski definition) is 0. The van der Waals surface area contributed by atoms with Crippen molar-refractivity contribution in [1.29, 1.82) is 0 Å². The maximum absolute atomic E-state index is 5.68. The van der Waals surface area contributed by atoms with Gasteiger partial charge in [-0.15, -0.1) is 0 Å². The Morgan fingerprint density at radius 2 is 1.44 bits per heavy atom. The van der Waals surface area contributed by atoms with Crippen molar-refractivity contribution in [2.75, 3.05) is 14.2 Å². The first kappa shape index (κ1) is 12.4. The fraction of sp³-hybridized carbons (Fsp3) is 1.00. The molecule has 2 heteroatoms. The van der Waals surface area contributed by atoms with Gasteiger partial charge in [0.25, 0.3) is 0 Å². The van der Waals surface area contributed by atoms with Crippen LogP contribution in [0, 0.1) is 11.8 Å². The lowest BCUT2D eigenvalue weighted by atomic mass is 9.71. The zero-order valence-electron chi connectivity index (χ0n) is 10.8. The third kappa shape index (κ3) is 2.78. The summed E-state index contributed by atoms with van der Waals surface area (Å²) in [6, 6.07) is 0. The lowest BCUT2D eigenvalue weighted by Crippen LogP contribution is -2.35. The molecule has 0 amide bonds. The van der Waals surface area contributed by atoms with E-state index in [9.17, 15) is 0 Å². The van der Waals surface area contributed by atoms with E-state index in [1.165, 1.54) is 51.4 Å². The van der Waals surface area contributed by atoms with Crippen molar-refractivity contribution in [3.63, 3.8) is 0 Å². The molecule has 0 saturated heterocycles. The number of hydrogen-bond acceptors (Lipinski definition) is 2. The maximum Gasteiger partial charge on any atom is 0.0602 e. The molecule has 0 aromatic carbocycles. The molecule has 0 N–H and O–H groups in total. The maximum atomic E-state index is 5.68. The smallest absolute Gasteiger partial charge is 0.0602 e. The van der Waals surface area contributed by atoms with Gasteiger partial charge in [0.2, 0.25) is 0 Å². The third-order valence-electron chi connectivity index (χ3n) is 4.71. The van der Waals surface area contributed by atoms with E-state index in [2.05, 4.69) is 0 Å². The van der Waals surface area contributed by atoms with Gasteiger partial charge in [0.15, 0.2) is 0 Å². The summed E-state index contributed by atoms with van der Waals surface area (Å²) in [7, 11) is 3.74. The first-order valence-corrected chi connectivity index (χ1v) is 6.90. The highest BCUT2D eigenvalue weighted by Crippen LogP contribution is 2.39. The van der Waals surface area contributed by atoms with Crippen LogP contribution in [0.2, 0.25) is 0 Å². The second-order valence-corrected chi connectivity index (χ2v) is 5.49. The van der Waals surface area contributed by atoms with E-state index in [4.69, 9.17) is 9.47 Å². The van der Waals surface area contributed by atoms with Crippen molar-refractivity contribution in [3.8, 4) is 0 Å². The Balaban J connectivity index is 1.86. The molecule has 94 valence electrons. The summed E-state index contributed by atoms with van der Waals surface area (Å²) in [6.45, 7) is 0. The van der Waals surface area contributed by atoms with Gasteiger partial charge in [-0.3, -0.25) is 0 Å². The molecule has 2 rings (SSSR count). The molecule has 0 radical (unpaired) electrons. The van der Waals surface area contributed by atoms with E-state index in [-0.39, 0.29) is 0 Å². The Hall–Kier alpha value is -0.0800. The summed E-state index contributed by atoms with van der Waals surface area (Å²) in [5, 5.41) is 0. The summed E-state index contributed by atoms with van der Waals surface area (Å²) < 4.78 is 11.1. The first-order chi connectivity index (χ1) is 7.85. The van der Waals surface area contributed by atoms with Crippen molar-refractivity contribution < 1.29 is 9.47 Å². The van der Waals surface area contributed by atoms with E-state index in [1.807, 2.05) is 14.2 Å². The highest BCUT2D eigenvalue weighted by Gasteiger charge is 2.34. The summed E-state index contributed by atoms with van der Waals surface area (Å²) >= 11 is 0. The van der Waals surface area contributed by atoms with Crippen molar-refractivity contribution in [2.24, 2.45) is 11.8 Å². The van der Waals surface area contributed by atoms with Crippen molar-refractivity contribution in [3.05, 3.63) is 0 Å². The third-order valence-corrected chi connectivity index (χ3v) is 4.71. The van der Waals surface area contributed by atoms with Gasteiger partial charge < -0.3 is 9.47 Å². The molecule has 2 unspecified atom stereocenters. The molecule has 2 fully saturated rings. The van der Waals surface area contributed by atoms with Gasteiger partial charge in [0.1, 0.15) is 0 Å². The quantitative estimate of drug-likeness (QED) is 0.734. The molecular weight excluding hydrogens is 200 g/mol. The van der Waals surface area contributed by atoms with Gasteiger partial charge in [-0.1, -0.05) is 12.8 Å². The molecule has 0 aromatic rings. The van der Waals surface area contributed by atoms with Crippen LogP contribution in [0.3, 0.4) is 0 Å². The second kappa shape index (κ2) is 6.02. The second-order valence-electron chi connectivity index (χ2n) is 5.49. The number of rotatable bonds is 3. The van der Waals surface area contributed by atoms with E-state index in [0.29, 0.717) is 12.2 Å². The highest BCUT2D eigenvalue weighted by molar-refractivity contribution is 4.85. The minimum absolute atomic E-state index is 0.529. The average Bonchev–Trinajstić information content (AvgIpc) is 2.39. The van der Waals surface area contributed by atoms with Crippen molar-refractivity contribution in [1.82, 2.24) is 0 Å². The minimum Gasteiger partial charge on any atom is -0.381 e. The topological polar surface area (TPSA) is 18.5 Å². The SMILES string of the molecule is COC1CCC(C2CCCCC2OC)CC1. The fourth-order valence-corrected chi connectivity index (χ4v) is 3.71. The molecule has 16 heavy (non-hydrogen) atoms. The molecule has 2 atom stereocenters. The molecule has 0 bridgehead atoms. The zero-order chi connectivity index (χ0) is 11.4. The largest absolute Gasteiger partial charge is 0.381 e. The Labute approximate surface area is 99.7 Å². The van der Waals surface area contributed by atoms with Gasteiger partial charge >= 0.3 is 0 Å². The molecule has 0 heterocycles. The lowest BCUT2D eigenvalue weighted by molar-refractivity contribution is -0.0250. The molecule has 0 spiro atoms. The molecule has 2 aliphatic carbocycles. The zero-order valence-corrected chi connectivity index (χ0v) is 10.8. The molecule has 2 aliphatic rings. The van der Waals surface area contributed by atoms with E-state index in [1.54, 1.807) is 0 Å². The normalized spacial score (nSPS) is 40.9. The predicted octanol–water partition coefficient (Wildman–Crippen LogP) is 3.40. The lowest BCUT2D eigenvalue weighted by Gasteiger charge is -2.39. The fourth-order valence-electron chi connectivity index (χ4n) is 3.71. The summed E-state index contributed by atoms with van der Waals surface area (Å²) in [4.78, 5) is 0.